The van der Waals surface area contributed by atoms with Gasteiger partial charge in [0.25, 0.3) is 5.16 Å². The van der Waals surface area contributed by atoms with Crippen molar-refractivity contribution in [2.45, 2.75) is 5.16 Å². The number of nitrogens with one attached hydrogen (secondary N) is 1. The van der Waals surface area contributed by atoms with Gasteiger partial charge in [-0.25, -0.2) is 4.98 Å². The summed E-state index contributed by atoms with van der Waals surface area (Å²) < 4.78 is 32.3. The third kappa shape index (κ3) is 2.24. The lowest BCUT2D eigenvalue weighted by Gasteiger charge is -2.05. The molecule has 2 N–H and O–H groups in total. The zero-order chi connectivity index (χ0) is 14.3. The van der Waals surface area contributed by atoms with E-state index in [1.807, 2.05) is 30.3 Å². The Hall–Kier alpha value is -1.70. The minimum Gasteiger partial charge on any atom is -0.326 e. The lowest BCUT2D eigenvalue weighted by molar-refractivity contribution is 0.476. The second-order valence-electron chi connectivity index (χ2n) is 4.20. The first-order valence-corrected chi connectivity index (χ1v) is 7.91. The molecular weight excluding hydrogens is 344 g/mol. The van der Waals surface area contributed by atoms with Gasteiger partial charge in [-0.1, -0.05) is 46.3 Å². The van der Waals surface area contributed by atoms with E-state index in [1.54, 1.807) is 12.1 Å². The van der Waals surface area contributed by atoms with E-state index in [0.717, 1.165) is 15.6 Å². The fraction of sp³-hybridized carbons (Fsp3) is 0. The predicted molar refractivity (Wildman–Crippen MR) is 79.0 cm³/mol. The highest BCUT2D eigenvalue weighted by Gasteiger charge is 2.18. The highest BCUT2D eigenvalue weighted by molar-refractivity contribution is 9.10. The molecule has 102 valence electrons. The van der Waals surface area contributed by atoms with Crippen molar-refractivity contribution in [3.05, 3.63) is 46.9 Å². The second kappa shape index (κ2) is 4.69. The molecule has 1 heterocycles. The van der Waals surface area contributed by atoms with Gasteiger partial charge in [0, 0.05) is 10.0 Å². The van der Waals surface area contributed by atoms with Crippen molar-refractivity contribution in [1.82, 2.24) is 9.97 Å². The number of aromatic amines is 1. The molecule has 0 saturated carbocycles. The zero-order valence-electron chi connectivity index (χ0n) is 10.0. The van der Waals surface area contributed by atoms with Crippen LogP contribution < -0.4 is 0 Å². The molecule has 1 aromatic heterocycles. The van der Waals surface area contributed by atoms with Crippen molar-refractivity contribution in [3.63, 3.8) is 0 Å². The van der Waals surface area contributed by atoms with Gasteiger partial charge in [-0.2, -0.15) is 8.42 Å². The predicted octanol–water partition coefficient (Wildman–Crippen LogP) is 3.24. The highest BCUT2D eigenvalue weighted by atomic mass is 79.9. The van der Waals surface area contributed by atoms with Crippen molar-refractivity contribution >= 4 is 37.1 Å². The Balaban J connectivity index is 2.37. The number of fused-ring (bicyclic) bond motifs is 1. The van der Waals surface area contributed by atoms with Gasteiger partial charge in [0.1, 0.15) is 0 Å². The zero-order valence-corrected chi connectivity index (χ0v) is 12.4. The molecular formula is C13H9BrN2O3S. The van der Waals surface area contributed by atoms with Gasteiger partial charge in [-0.05, 0) is 17.7 Å². The molecule has 0 atom stereocenters. The molecule has 7 heteroatoms. The first-order valence-electron chi connectivity index (χ1n) is 5.68. The van der Waals surface area contributed by atoms with E-state index in [1.165, 1.54) is 0 Å². The normalized spacial score (nSPS) is 11.9. The molecule has 0 radical (unpaired) electrons. The second-order valence-corrected chi connectivity index (χ2v) is 6.39. The summed E-state index contributed by atoms with van der Waals surface area (Å²) in [7, 11) is -4.36. The van der Waals surface area contributed by atoms with Crippen LogP contribution in [0.5, 0.6) is 0 Å². The molecule has 0 fully saturated rings. The lowest BCUT2D eigenvalue weighted by atomic mass is 10.0. The van der Waals surface area contributed by atoms with Gasteiger partial charge in [-0.15, -0.1) is 0 Å². The molecule has 0 amide bonds. The van der Waals surface area contributed by atoms with E-state index < -0.39 is 15.3 Å². The number of benzene rings is 2. The van der Waals surface area contributed by atoms with Crippen LogP contribution in [0.2, 0.25) is 0 Å². The molecule has 0 spiro atoms. The molecule has 3 aromatic rings. The molecule has 0 saturated heterocycles. The van der Waals surface area contributed by atoms with Crippen LogP contribution in [0.25, 0.3) is 22.2 Å². The minimum absolute atomic E-state index is 0.456. The number of nitrogens with zero attached hydrogens (tertiary/aromatic N) is 1. The monoisotopic (exact) mass is 352 g/mol. The first kappa shape index (κ1) is 13.3. The number of aromatic nitrogens is 2. The Morgan fingerprint density at radius 3 is 2.45 bits per heavy atom. The summed E-state index contributed by atoms with van der Waals surface area (Å²) >= 11 is 3.45. The van der Waals surface area contributed by atoms with Crippen LogP contribution in [0, 0.1) is 0 Å². The Bertz CT molecular complexity index is 889. The van der Waals surface area contributed by atoms with Gasteiger partial charge < -0.3 is 4.98 Å². The summed E-state index contributed by atoms with van der Waals surface area (Å²) in [5, 5.41) is -0.456. The van der Waals surface area contributed by atoms with Crippen LogP contribution in [0.3, 0.4) is 0 Å². The van der Waals surface area contributed by atoms with Crippen LogP contribution >= 0.6 is 15.9 Å². The van der Waals surface area contributed by atoms with E-state index >= 15 is 0 Å². The number of H-pyrrole nitrogens is 1. The average molecular weight is 353 g/mol. The summed E-state index contributed by atoms with van der Waals surface area (Å²) in [6.07, 6.45) is 0. The molecule has 3 rings (SSSR count). The van der Waals surface area contributed by atoms with E-state index in [9.17, 15) is 8.42 Å². The van der Waals surface area contributed by atoms with Crippen LogP contribution in [0.4, 0.5) is 0 Å². The fourth-order valence-corrected chi connectivity index (χ4v) is 3.04. The summed E-state index contributed by atoms with van der Waals surface area (Å²) in [5.41, 5.74) is 2.74. The number of rotatable bonds is 2. The third-order valence-electron chi connectivity index (χ3n) is 2.89. The summed E-state index contributed by atoms with van der Waals surface area (Å²) in [6.45, 7) is 0. The molecule has 0 aliphatic heterocycles. The van der Waals surface area contributed by atoms with Gasteiger partial charge in [0.05, 0.1) is 11.0 Å². The van der Waals surface area contributed by atoms with E-state index in [2.05, 4.69) is 25.9 Å². The van der Waals surface area contributed by atoms with Gasteiger partial charge in [-0.3, -0.25) is 4.55 Å². The Kier molecular flexibility index (Phi) is 3.12. The smallest absolute Gasteiger partial charge is 0.326 e. The Morgan fingerprint density at radius 1 is 1.10 bits per heavy atom. The molecule has 5 nitrogen and oxygen atoms in total. The third-order valence-corrected chi connectivity index (χ3v) is 4.24. The molecule has 0 bridgehead atoms. The molecule has 0 aliphatic carbocycles. The maximum Gasteiger partial charge on any atom is 0.328 e. The summed E-state index contributed by atoms with van der Waals surface area (Å²) in [6, 6.07) is 13.0. The van der Waals surface area contributed by atoms with Crippen LogP contribution in [0.15, 0.2) is 52.1 Å². The van der Waals surface area contributed by atoms with E-state index in [-0.39, 0.29) is 0 Å². The number of imidazole rings is 1. The number of hydrogen-bond acceptors (Lipinski definition) is 3. The average Bonchev–Trinajstić information content (AvgIpc) is 2.83. The van der Waals surface area contributed by atoms with Gasteiger partial charge in [0.15, 0.2) is 0 Å². The van der Waals surface area contributed by atoms with E-state index in [0.29, 0.717) is 11.0 Å². The molecule has 0 unspecified atom stereocenters. The van der Waals surface area contributed by atoms with Crippen LogP contribution in [0.1, 0.15) is 0 Å². The maximum absolute atomic E-state index is 11.2. The van der Waals surface area contributed by atoms with Gasteiger partial charge in [0.2, 0.25) is 0 Å². The van der Waals surface area contributed by atoms with Crippen molar-refractivity contribution < 1.29 is 13.0 Å². The minimum atomic E-state index is -4.36. The van der Waals surface area contributed by atoms with E-state index in [4.69, 9.17) is 4.55 Å². The fourth-order valence-electron chi connectivity index (χ4n) is 2.04. The van der Waals surface area contributed by atoms with Crippen molar-refractivity contribution in [2.75, 3.05) is 0 Å². The van der Waals surface area contributed by atoms with Crippen molar-refractivity contribution in [1.29, 1.82) is 0 Å². The Labute approximate surface area is 123 Å². The van der Waals surface area contributed by atoms with Crippen molar-refractivity contribution in [3.8, 4) is 11.1 Å². The SMILES string of the molecule is O=S(=O)(O)c1nc2ccc(Br)c(-c3ccccc3)c2[nH]1. The highest BCUT2D eigenvalue weighted by Crippen LogP contribution is 2.34. The summed E-state index contributed by atoms with van der Waals surface area (Å²) in [5.74, 6) is 0. The van der Waals surface area contributed by atoms with Crippen LogP contribution in [-0.4, -0.2) is 22.9 Å². The topological polar surface area (TPSA) is 83.1 Å². The number of halogens is 1. The van der Waals surface area contributed by atoms with Crippen molar-refractivity contribution in [2.24, 2.45) is 0 Å². The van der Waals surface area contributed by atoms with Crippen LogP contribution in [-0.2, 0) is 10.1 Å². The first-order chi connectivity index (χ1) is 9.47. The Morgan fingerprint density at radius 2 is 1.80 bits per heavy atom. The van der Waals surface area contributed by atoms with Gasteiger partial charge >= 0.3 is 10.1 Å². The standard InChI is InChI=1S/C13H9BrN2O3S/c14-9-6-7-10-12(16-13(15-10)20(17,18)19)11(9)8-4-2-1-3-5-8/h1-7H,(H,15,16)(H,17,18,19). The maximum atomic E-state index is 11.2. The quantitative estimate of drug-likeness (QED) is 0.693. The lowest BCUT2D eigenvalue weighted by Crippen LogP contribution is -1.99. The molecule has 2 aromatic carbocycles. The largest absolute Gasteiger partial charge is 0.328 e. The molecule has 20 heavy (non-hydrogen) atoms. The molecule has 0 aliphatic rings. The summed E-state index contributed by atoms with van der Waals surface area (Å²) in [4.78, 5) is 6.56. The number of hydrogen-bond donors (Lipinski definition) is 2.